The predicted octanol–water partition coefficient (Wildman–Crippen LogP) is 0.709. The molecule has 23 heavy (non-hydrogen) atoms. The number of aliphatic hydroxyl groups excluding tert-OH is 1. The van der Waals surface area contributed by atoms with Crippen molar-refractivity contribution in [1.82, 2.24) is 10.6 Å². The lowest BCUT2D eigenvalue weighted by atomic mass is 9.91. The van der Waals surface area contributed by atoms with Gasteiger partial charge in [0.05, 0.1) is 23.8 Å². The highest BCUT2D eigenvalue weighted by molar-refractivity contribution is 5.82. The zero-order valence-electron chi connectivity index (χ0n) is 13.8. The molecule has 124 valence electrons. The highest BCUT2D eigenvalue weighted by atomic mass is 16.3. The second-order valence-electron chi connectivity index (χ2n) is 6.44. The maximum absolute atomic E-state index is 12.4. The van der Waals surface area contributed by atoms with E-state index in [1.54, 1.807) is 20.8 Å². The molecule has 5 nitrogen and oxygen atoms in total. The van der Waals surface area contributed by atoms with Crippen LogP contribution in [0.5, 0.6) is 0 Å². The number of rotatable bonds is 4. The van der Waals surface area contributed by atoms with Gasteiger partial charge in [-0.2, -0.15) is 0 Å². The highest BCUT2D eigenvalue weighted by Gasteiger charge is 2.34. The molecule has 1 aromatic rings. The summed E-state index contributed by atoms with van der Waals surface area (Å²) in [4.78, 5) is 12.4. The van der Waals surface area contributed by atoms with Gasteiger partial charge in [0, 0.05) is 12.1 Å². The van der Waals surface area contributed by atoms with Crippen LogP contribution in [0.3, 0.4) is 0 Å². The summed E-state index contributed by atoms with van der Waals surface area (Å²) in [6, 6.07) is 6.49. The van der Waals surface area contributed by atoms with Gasteiger partial charge in [-0.25, -0.2) is 0 Å². The van der Waals surface area contributed by atoms with Crippen LogP contribution in [0.15, 0.2) is 24.3 Å². The molecular weight excluding hydrogens is 292 g/mol. The number of hydrogen-bond donors (Lipinski definition) is 4. The van der Waals surface area contributed by atoms with Crippen molar-refractivity contribution in [3.05, 3.63) is 35.4 Å². The number of benzene rings is 1. The first-order valence-corrected chi connectivity index (χ1v) is 7.78. The van der Waals surface area contributed by atoms with Crippen LogP contribution >= 0.6 is 0 Å². The van der Waals surface area contributed by atoms with Crippen LogP contribution in [-0.4, -0.2) is 40.4 Å². The van der Waals surface area contributed by atoms with Gasteiger partial charge in [-0.1, -0.05) is 18.1 Å². The maximum atomic E-state index is 12.4. The Kier molecular flexibility index (Phi) is 5.42. The Hall–Kier alpha value is -1.87. The average Bonchev–Trinajstić information content (AvgIpc) is 2.91. The summed E-state index contributed by atoms with van der Waals surface area (Å²) in [6.07, 6.45) is -0.117. The summed E-state index contributed by atoms with van der Waals surface area (Å²) in [5.74, 6) is 5.58. The standard InChI is InChI=1S/C18H24N2O3/c1-4-5-12-6-8-13(9-7-12)16(18(2,3)23)20-17(22)15-10-14(21)11-19-15/h6-9,14-16,19,21,23H,10-11H2,1-3H3,(H,20,22)/t14-,15+,16-/m1/s1. The molecule has 2 rings (SSSR count). The van der Waals surface area contributed by atoms with Crippen molar-refractivity contribution in [2.45, 2.75) is 51.0 Å². The zero-order valence-corrected chi connectivity index (χ0v) is 13.8. The van der Waals surface area contributed by atoms with Gasteiger partial charge in [0.15, 0.2) is 0 Å². The molecule has 1 aliphatic heterocycles. The second kappa shape index (κ2) is 7.14. The van der Waals surface area contributed by atoms with Crippen LogP contribution in [0.25, 0.3) is 0 Å². The Morgan fingerprint density at radius 1 is 1.39 bits per heavy atom. The third-order valence-corrected chi connectivity index (χ3v) is 3.93. The number of carbonyl (C=O) groups excluding carboxylic acids is 1. The summed E-state index contributed by atoms with van der Waals surface area (Å²) in [5, 5.41) is 25.8. The summed E-state index contributed by atoms with van der Waals surface area (Å²) in [7, 11) is 0. The van der Waals surface area contributed by atoms with Gasteiger partial charge in [-0.15, -0.1) is 5.92 Å². The van der Waals surface area contributed by atoms with E-state index >= 15 is 0 Å². The maximum Gasteiger partial charge on any atom is 0.237 e. The number of carbonyl (C=O) groups is 1. The van der Waals surface area contributed by atoms with E-state index in [0.717, 1.165) is 11.1 Å². The van der Waals surface area contributed by atoms with Crippen molar-refractivity contribution in [3.8, 4) is 11.8 Å². The van der Waals surface area contributed by atoms with Crippen LogP contribution in [0.4, 0.5) is 0 Å². The largest absolute Gasteiger partial charge is 0.392 e. The van der Waals surface area contributed by atoms with Crippen LogP contribution in [-0.2, 0) is 4.79 Å². The van der Waals surface area contributed by atoms with Gasteiger partial charge in [0.2, 0.25) is 5.91 Å². The third-order valence-electron chi connectivity index (χ3n) is 3.93. The molecule has 1 aliphatic rings. The van der Waals surface area contributed by atoms with Crippen molar-refractivity contribution < 1.29 is 15.0 Å². The molecule has 1 heterocycles. The summed E-state index contributed by atoms with van der Waals surface area (Å²) < 4.78 is 0. The third kappa shape index (κ3) is 4.55. The Morgan fingerprint density at radius 2 is 2.04 bits per heavy atom. The molecule has 5 heteroatoms. The van der Waals surface area contributed by atoms with Gasteiger partial charge in [-0.3, -0.25) is 4.79 Å². The molecule has 1 fully saturated rings. The molecule has 0 bridgehead atoms. The fourth-order valence-electron chi connectivity index (χ4n) is 2.73. The van der Waals surface area contributed by atoms with Gasteiger partial charge >= 0.3 is 0 Å². The Bertz CT molecular complexity index is 608. The molecule has 3 atom stereocenters. The average molecular weight is 316 g/mol. The summed E-state index contributed by atoms with van der Waals surface area (Å²) in [5.41, 5.74) is 0.578. The van der Waals surface area contributed by atoms with E-state index in [-0.39, 0.29) is 5.91 Å². The number of β-amino-alcohol motifs (C(OH)–C–C–N with tert-alkyl or cyclic N) is 1. The number of amides is 1. The molecule has 0 radical (unpaired) electrons. The molecular formula is C18H24N2O3. The van der Waals surface area contributed by atoms with E-state index in [9.17, 15) is 15.0 Å². The van der Waals surface area contributed by atoms with E-state index in [0.29, 0.717) is 13.0 Å². The highest BCUT2D eigenvalue weighted by Crippen LogP contribution is 2.26. The molecule has 0 aliphatic carbocycles. The smallest absolute Gasteiger partial charge is 0.237 e. The number of aliphatic hydroxyl groups is 2. The quantitative estimate of drug-likeness (QED) is 0.617. The minimum atomic E-state index is -1.12. The first-order valence-electron chi connectivity index (χ1n) is 7.78. The second-order valence-corrected chi connectivity index (χ2v) is 6.44. The topological polar surface area (TPSA) is 81.6 Å². The van der Waals surface area contributed by atoms with Crippen LogP contribution < -0.4 is 10.6 Å². The Labute approximate surface area is 137 Å². The first-order chi connectivity index (χ1) is 10.8. The van der Waals surface area contributed by atoms with Gasteiger partial charge in [0.25, 0.3) is 0 Å². The van der Waals surface area contributed by atoms with Crippen molar-refractivity contribution in [2.24, 2.45) is 0 Å². The van der Waals surface area contributed by atoms with Gasteiger partial charge in [-0.05, 0) is 44.9 Å². The molecule has 4 N–H and O–H groups in total. The minimum absolute atomic E-state index is 0.217. The monoisotopic (exact) mass is 316 g/mol. The minimum Gasteiger partial charge on any atom is -0.392 e. The van der Waals surface area contributed by atoms with Crippen LogP contribution in [0, 0.1) is 11.8 Å². The predicted molar refractivity (Wildman–Crippen MR) is 88.6 cm³/mol. The van der Waals surface area contributed by atoms with Crippen molar-refractivity contribution >= 4 is 5.91 Å². The molecule has 0 spiro atoms. The fraction of sp³-hybridized carbons (Fsp3) is 0.500. The van der Waals surface area contributed by atoms with Gasteiger partial charge < -0.3 is 20.8 Å². The molecule has 1 aromatic carbocycles. The fourth-order valence-corrected chi connectivity index (χ4v) is 2.73. The van der Waals surface area contributed by atoms with E-state index in [1.807, 2.05) is 24.3 Å². The number of nitrogens with one attached hydrogen (secondary N) is 2. The molecule has 0 saturated carbocycles. The van der Waals surface area contributed by atoms with E-state index < -0.39 is 23.8 Å². The molecule has 0 unspecified atom stereocenters. The summed E-state index contributed by atoms with van der Waals surface area (Å²) in [6.45, 7) is 5.51. The Morgan fingerprint density at radius 3 is 2.52 bits per heavy atom. The molecule has 1 amide bonds. The molecule has 1 saturated heterocycles. The van der Waals surface area contributed by atoms with E-state index in [1.165, 1.54) is 0 Å². The first kappa shape index (κ1) is 17.5. The van der Waals surface area contributed by atoms with Crippen LogP contribution in [0.1, 0.15) is 44.4 Å². The zero-order chi connectivity index (χ0) is 17.0. The van der Waals surface area contributed by atoms with Gasteiger partial charge in [0.1, 0.15) is 0 Å². The molecule has 0 aromatic heterocycles. The Balaban J connectivity index is 2.16. The van der Waals surface area contributed by atoms with E-state index in [4.69, 9.17) is 0 Å². The number of hydrogen-bond acceptors (Lipinski definition) is 4. The normalized spacial score (nSPS) is 22.1. The van der Waals surface area contributed by atoms with Crippen molar-refractivity contribution in [1.29, 1.82) is 0 Å². The lowest BCUT2D eigenvalue weighted by Gasteiger charge is -2.31. The lowest BCUT2D eigenvalue weighted by Crippen LogP contribution is -2.48. The van der Waals surface area contributed by atoms with E-state index in [2.05, 4.69) is 22.5 Å². The SMILES string of the molecule is CC#Cc1ccc([C@@H](NC(=O)[C@@H]2C[C@@H](O)CN2)C(C)(C)O)cc1. The lowest BCUT2D eigenvalue weighted by molar-refractivity contribution is -0.125. The van der Waals surface area contributed by atoms with Crippen molar-refractivity contribution in [3.63, 3.8) is 0 Å². The van der Waals surface area contributed by atoms with Crippen LogP contribution in [0.2, 0.25) is 0 Å². The van der Waals surface area contributed by atoms with Crippen molar-refractivity contribution in [2.75, 3.05) is 6.54 Å². The summed E-state index contributed by atoms with van der Waals surface area (Å²) >= 11 is 0.